The van der Waals surface area contributed by atoms with Gasteiger partial charge in [0.1, 0.15) is 0 Å². The summed E-state index contributed by atoms with van der Waals surface area (Å²) in [4.78, 5) is 17.2. The number of nitrogens with zero attached hydrogens (tertiary/aromatic N) is 2. The number of carbonyl (C=O) groups is 1. The number of carbonyl (C=O) groups excluding carboxylic acids is 1. The van der Waals surface area contributed by atoms with Crippen molar-refractivity contribution in [3.05, 3.63) is 23.5 Å². The first-order valence-electron chi connectivity index (χ1n) is 5.82. The molecule has 2 heterocycles. The van der Waals surface area contributed by atoms with Gasteiger partial charge in [-0.05, 0) is 6.07 Å². The molecule has 0 atom stereocenters. The van der Waals surface area contributed by atoms with E-state index in [1.807, 2.05) is 0 Å². The van der Waals surface area contributed by atoms with Crippen molar-refractivity contribution < 1.29 is 23.0 Å². The van der Waals surface area contributed by atoms with Crippen molar-refractivity contribution in [1.29, 1.82) is 0 Å². The first-order valence-corrected chi connectivity index (χ1v) is 5.82. The first kappa shape index (κ1) is 13.7. The third-order valence-electron chi connectivity index (χ3n) is 2.87. The SMILES string of the molecule is COC(=O)c1ncc(C(F)F)cc1N1CCOCC1. The normalized spacial score (nSPS) is 15.7. The van der Waals surface area contributed by atoms with Gasteiger partial charge in [-0.1, -0.05) is 0 Å². The molecule has 1 saturated heterocycles. The van der Waals surface area contributed by atoms with Gasteiger partial charge in [-0.25, -0.2) is 18.6 Å². The number of morpholine rings is 1. The average molecular weight is 272 g/mol. The lowest BCUT2D eigenvalue weighted by Crippen LogP contribution is -2.37. The highest BCUT2D eigenvalue weighted by Gasteiger charge is 2.23. The number of alkyl halides is 2. The molecule has 1 aromatic heterocycles. The summed E-state index contributed by atoms with van der Waals surface area (Å²) in [6, 6.07) is 1.29. The second kappa shape index (κ2) is 5.92. The first-order chi connectivity index (χ1) is 9.13. The van der Waals surface area contributed by atoms with Crippen LogP contribution >= 0.6 is 0 Å². The summed E-state index contributed by atoms with van der Waals surface area (Å²) >= 11 is 0. The molecule has 19 heavy (non-hydrogen) atoms. The Balaban J connectivity index is 2.39. The second-order valence-corrected chi connectivity index (χ2v) is 4.03. The van der Waals surface area contributed by atoms with Gasteiger partial charge < -0.3 is 14.4 Å². The summed E-state index contributed by atoms with van der Waals surface area (Å²) in [6.45, 7) is 2.02. The maximum atomic E-state index is 12.7. The zero-order chi connectivity index (χ0) is 13.8. The predicted molar refractivity (Wildman–Crippen MR) is 63.6 cm³/mol. The molecule has 1 fully saturated rings. The van der Waals surface area contributed by atoms with Gasteiger partial charge in [-0.3, -0.25) is 0 Å². The Morgan fingerprint density at radius 1 is 1.47 bits per heavy atom. The van der Waals surface area contributed by atoms with Crippen molar-refractivity contribution in [2.24, 2.45) is 0 Å². The minimum Gasteiger partial charge on any atom is -0.464 e. The standard InChI is InChI=1S/C12H14F2N2O3/c1-18-12(17)10-9(16-2-4-19-5-3-16)6-8(7-15-10)11(13)14/h6-7,11H,2-5H2,1H3. The van der Waals surface area contributed by atoms with E-state index in [1.165, 1.54) is 13.2 Å². The molecule has 1 aliphatic heterocycles. The Morgan fingerprint density at radius 2 is 2.16 bits per heavy atom. The second-order valence-electron chi connectivity index (χ2n) is 4.03. The lowest BCUT2D eigenvalue weighted by Gasteiger charge is -2.29. The smallest absolute Gasteiger partial charge is 0.358 e. The van der Waals surface area contributed by atoms with E-state index >= 15 is 0 Å². The molecule has 0 aliphatic carbocycles. The quantitative estimate of drug-likeness (QED) is 0.783. The summed E-state index contributed by atoms with van der Waals surface area (Å²) in [6.07, 6.45) is -1.63. The van der Waals surface area contributed by atoms with E-state index in [0.29, 0.717) is 32.0 Å². The summed E-state index contributed by atoms with van der Waals surface area (Å²) in [5, 5.41) is 0. The van der Waals surface area contributed by atoms with E-state index in [-0.39, 0.29) is 11.3 Å². The van der Waals surface area contributed by atoms with Crippen LogP contribution in [0.4, 0.5) is 14.5 Å². The van der Waals surface area contributed by atoms with E-state index < -0.39 is 12.4 Å². The number of esters is 1. The largest absolute Gasteiger partial charge is 0.464 e. The van der Waals surface area contributed by atoms with Crippen LogP contribution in [0, 0.1) is 0 Å². The van der Waals surface area contributed by atoms with Gasteiger partial charge in [0.15, 0.2) is 5.69 Å². The van der Waals surface area contributed by atoms with Crippen LogP contribution in [-0.2, 0) is 9.47 Å². The number of hydrogen-bond acceptors (Lipinski definition) is 5. The van der Waals surface area contributed by atoms with Crippen LogP contribution in [0.1, 0.15) is 22.5 Å². The maximum Gasteiger partial charge on any atom is 0.358 e. The lowest BCUT2D eigenvalue weighted by molar-refractivity contribution is 0.0593. The molecule has 0 spiro atoms. The molecule has 0 aromatic carbocycles. The van der Waals surface area contributed by atoms with Crippen LogP contribution < -0.4 is 4.90 Å². The fourth-order valence-electron chi connectivity index (χ4n) is 1.89. The zero-order valence-corrected chi connectivity index (χ0v) is 10.4. The van der Waals surface area contributed by atoms with E-state index in [9.17, 15) is 13.6 Å². The highest BCUT2D eigenvalue weighted by molar-refractivity contribution is 5.93. The van der Waals surface area contributed by atoms with Gasteiger partial charge in [0.25, 0.3) is 6.43 Å². The van der Waals surface area contributed by atoms with Crippen LogP contribution in [0.25, 0.3) is 0 Å². The van der Waals surface area contributed by atoms with Crippen molar-refractivity contribution in [3.8, 4) is 0 Å². The van der Waals surface area contributed by atoms with E-state index in [4.69, 9.17) is 4.74 Å². The van der Waals surface area contributed by atoms with Crippen molar-refractivity contribution >= 4 is 11.7 Å². The van der Waals surface area contributed by atoms with Gasteiger partial charge in [0.05, 0.1) is 26.0 Å². The average Bonchev–Trinajstić information content (AvgIpc) is 2.46. The number of anilines is 1. The summed E-state index contributed by atoms with van der Waals surface area (Å²) in [7, 11) is 1.23. The van der Waals surface area contributed by atoms with E-state index in [0.717, 1.165) is 6.20 Å². The minimum atomic E-state index is -2.63. The Labute approximate surface area is 109 Å². The molecule has 5 nitrogen and oxygen atoms in total. The van der Waals surface area contributed by atoms with Gasteiger partial charge in [0, 0.05) is 24.8 Å². The molecule has 104 valence electrons. The summed E-state index contributed by atoms with van der Waals surface area (Å²) in [5.41, 5.74) is 0.205. The highest BCUT2D eigenvalue weighted by Crippen LogP contribution is 2.27. The molecule has 2 rings (SSSR count). The van der Waals surface area contributed by atoms with Crippen LogP contribution in [0.2, 0.25) is 0 Å². The Bertz CT molecular complexity index is 462. The van der Waals surface area contributed by atoms with Crippen LogP contribution in [0.15, 0.2) is 12.3 Å². The lowest BCUT2D eigenvalue weighted by atomic mass is 10.2. The van der Waals surface area contributed by atoms with Crippen LogP contribution in [0.3, 0.4) is 0 Å². The molecular weight excluding hydrogens is 258 g/mol. The monoisotopic (exact) mass is 272 g/mol. The zero-order valence-electron chi connectivity index (χ0n) is 10.4. The summed E-state index contributed by atoms with van der Waals surface area (Å²) in [5.74, 6) is -0.637. The molecule has 1 aliphatic rings. The third-order valence-corrected chi connectivity index (χ3v) is 2.87. The Morgan fingerprint density at radius 3 is 2.74 bits per heavy atom. The third kappa shape index (κ3) is 2.98. The van der Waals surface area contributed by atoms with Gasteiger partial charge in [-0.2, -0.15) is 0 Å². The molecule has 0 amide bonds. The van der Waals surface area contributed by atoms with Crippen molar-refractivity contribution in [2.75, 3.05) is 38.3 Å². The van der Waals surface area contributed by atoms with E-state index in [1.54, 1.807) is 4.90 Å². The molecule has 0 unspecified atom stereocenters. The number of aromatic nitrogens is 1. The van der Waals surface area contributed by atoms with E-state index in [2.05, 4.69) is 9.72 Å². The number of hydrogen-bond donors (Lipinski definition) is 0. The molecular formula is C12H14F2N2O3. The number of rotatable bonds is 3. The molecule has 0 saturated carbocycles. The number of pyridine rings is 1. The molecule has 0 radical (unpaired) electrons. The van der Waals surface area contributed by atoms with Crippen molar-refractivity contribution in [2.45, 2.75) is 6.43 Å². The molecule has 1 aromatic rings. The topological polar surface area (TPSA) is 51.7 Å². The summed E-state index contributed by atoms with van der Waals surface area (Å²) < 4.78 is 35.3. The van der Waals surface area contributed by atoms with Gasteiger partial charge in [-0.15, -0.1) is 0 Å². The van der Waals surface area contributed by atoms with Crippen LogP contribution in [-0.4, -0.2) is 44.4 Å². The van der Waals surface area contributed by atoms with Crippen molar-refractivity contribution in [3.63, 3.8) is 0 Å². The maximum absolute atomic E-state index is 12.7. The molecule has 7 heteroatoms. The van der Waals surface area contributed by atoms with Crippen molar-refractivity contribution in [1.82, 2.24) is 4.98 Å². The Hall–Kier alpha value is -1.76. The number of ether oxygens (including phenoxy) is 2. The number of methoxy groups -OCH3 is 1. The van der Waals surface area contributed by atoms with Crippen LogP contribution in [0.5, 0.6) is 0 Å². The highest BCUT2D eigenvalue weighted by atomic mass is 19.3. The molecule has 0 bridgehead atoms. The fraction of sp³-hybridized carbons (Fsp3) is 0.500. The Kier molecular flexibility index (Phi) is 4.26. The predicted octanol–water partition coefficient (Wildman–Crippen LogP) is 1.64. The molecule has 0 N–H and O–H groups in total. The van der Waals surface area contributed by atoms with Gasteiger partial charge >= 0.3 is 5.97 Å². The minimum absolute atomic E-state index is 0.0498. The fourth-order valence-corrected chi connectivity index (χ4v) is 1.89. The number of halogens is 2. The van der Waals surface area contributed by atoms with Gasteiger partial charge in [0.2, 0.25) is 0 Å².